The van der Waals surface area contributed by atoms with E-state index in [1.165, 1.54) is 0 Å². The first kappa shape index (κ1) is 15.4. The number of hydrogen-bond donors (Lipinski definition) is 1. The van der Waals surface area contributed by atoms with E-state index in [9.17, 15) is 18.4 Å². The van der Waals surface area contributed by atoms with E-state index in [-0.39, 0.29) is 0 Å². The Morgan fingerprint density at radius 3 is 2.43 bits per heavy atom. The number of halogens is 2. The van der Waals surface area contributed by atoms with Crippen LogP contribution in [-0.4, -0.2) is 35.2 Å². The molecule has 6 heteroatoms. The van der Waals surface area contributed by atoms with Crippen LogP contribution in [-0.2, 0) is 9.59 Å². The Balaban J connectivity index is 2.42. The number of piperazine rings is 1. The Morgan fingerprint density at radius 2 is 1.90 bits per heavy atom. The second kappa shape index (κ2) is 5.79. The summed E-state index contributed by atoms with van der Waals surface area (Å²) in [5.41, 5.74) is -0.598. The average Bonchev–Trinajstić information content (AvgIpc) is 2.45. The van der Waals surface area contributed by atoms with E-state index in [0.717, 1.165) is 4.90 Å². The van der Waals surface area contributed by atoms with E-state index in [1.807, 2.05) is 0 Å². The Morgan fingerprint density at radius 1 is 1.29 bits per heavy atom. The van der Waals surface area contributed by atoms with E-state index in [2.05, 4.69) is 5.32 Å². The minimum Gasteiger partial charge on any atom is -0.340 e. The van der Waals surface area contributed by atoms with Crippen LogP contribution in [0.5, 0.6) is 0 Å². The summed E-state index contributed by atoms with van der Waals surface area (Å²) in [4.78, 5) is 25.9. The van der Waals surface area contributed by atoms with Crippen LogP contribution >= 0.6 is 0 Å². The van der Waals surface area contributed by atoms with Crippen molar-refractivity contribution in [1.82, 2.24) is 10.2 Å². The number of nitrogens with one attached hydrogen (secondary N) is 1. The summed E-state index contributed by atoms with van der Waals surface area (Å²) in [6.45, 7) is 2.55. The van der Waals surface area contributed by atoms with Gasteiger partial charge in [-0.3, -0.25) is 9.59 Å². The van der Waals surface area contributed by atoms with Crippen LogP contribution in [0, 0.1) is 0 Å². The highest BCUT2D eigenvalue weighted by atomic mass is 19.3. The second-order valence-electron chi connectivity index (χ2n) is 5.34. The van der Waals surface area contributed by atoms with Gasteiger partial charge in [-0.15, -0.1) is 0 Å². The van der Waals surface area contributed by atoms with Crippen molar-refractivity contribution in [3.63, 3.8) is 0 Å². The molecule has 1 saturated heterocycles. The van der Waals surface area contributed by atoms with Crippen LogP contribution in [0.1, 0.15) is 31.9 Å². The molecule has 0 aliphatic carbocycles. The third-order valence-corrected chi connectivity index (χ3v) is 3.85. The maximum Gasteiger partial charge on any atom is 0.255 e. The van der Waals surface area contributed by atoms with Gasteiger partial charge in [0.05, 0.1) is 6.54 Å². The molecule has 21 heavy (non-hydrogen) atoms. The average molecular weight is 296 g/mol. The van der Waals surface area contributed by atoms with Crippen molar-refractivity contribution in [3.8, 4) is 0 Å². The third kappa shape index (κ3) is 2.89. The Kier molecular flexibility index (Phi) is 4.25. The first-order chi connectivity index (χ1) is 9.89. The summed E-state index contributed by atoms with van der Waals surface area (Å²) < 4.78 is 25.7. The number of alkyl halides is 2. The highest BCUT2D eigenvalue weighted by Crippen LogP contribution is 2.31. The number of rotatable bonds is 4. The van der Waals surface area contributed by atoms with Gasteiger partial charge in [-0.05, 0) is 18.9 Å². The number of nitrogens with zero attached hydrogens (tertiary/aromatic N) is 1. The van der Waals surface area contributed by atoms with Crippen molar-refractivity contribution in [2.45, 2.75) is 38.3 Å². The van der Waals surface area contributed by atoms with E-state index in [0.29, 0.717) is 12.0 Å². The first-order valence-corrected chi connectivity index (χ1v) is 6.85. The highest BCUT2D eigenvalue weighted by molar-refractivity contribution is 6.00. The van der Waals surface area contributed by atoms with Crippen LogP contribution in [0.3, 0.4) is 0 Å². The summed E-state index contributed by atoms with van der Waals surface area (Å²) in [7, 11) is 0. The maximum absolute atomic E-state index is 12.8. The molecule has 4 nitrogen and oxygen atoms in total. The van der Waals surface area contributed by atoms with Gasteiger partial charge in [0.2, 0.25) is 11.8 Å². The van der Waals surface area contributed by atoms with Gasteiger partial charge in [-0.25, -0.2) is 8.78 Å². The molecule has 0 aromatic heterocycles. The monoisotopic (exact) mass is 296 g/mol. The fourth-order valence-corrected chi connectivity index (χ4v) is 2.51. The predicted octanol–water partition coefficient (Wildman–Crippen LogP) is 2.12. The molecule has 2 unspecified atom stereocenters. The van der Waals surface area contributed by atoms with Crippen molar-refractivity contribution in [1.29, 1.82) is 0 Å². The first-order valence-electron chi connectivity index (χ1n) is 6.85. The summed E-state index contributed by atoms with van der Waals surface area (Å²) in [6.07, 6.45) is -2.34. The Labute approximate surface area is 122 Å². The lowest BCUT2D eigenvalue weighted by Crippen LogP contribution is -2.66. The van der Waals surface area contributed by atoms with Crippen LogP contribution in [0.2, 0.25) is 0 Å². The zero-order chi connectivity index (χ0) is 15.6. The summed E-state index contributed by atoms with van der Waals surface area (Å²) in [6, 6.07) is 7.49. The lowest BCUT2D eigenvalue weighted by atomic mass is 9.89. The van der Waals surface area contributed by atoms with Gasteiger partial charge in [-0.1, -0.05) is 37.3 Å². The van der Waals surface area contributed by atoms with Gasteiger partial charge in [0.1, 0.15) is 11.6 Å². The van der Waals surface area contributed by atoms with Gasteiger partial charge < -0.3 is 10.2 Å². The highest BCUT2D eigenvalue weighted by Gasteiger charge is 2.48. The molecular formula is C15H18F2N2O2. The second-order valence-corrected chi connectivity index (χ2v) is 5.34. The Bertz CT molecular complexity index is 536. The summed E-state index contributed by atoms with van der Waals surface area (Å²) in [5, 5.41) is 2.67. The molecule has 1 aliphatic rings. The fraction of sp³-hybridized carbons (Fsp3) is 0.467. The third-order valence-electron chi connectivity index (χ3n) is 3.85. The molecule has 0 radical (unpaired) electrons. The van der Waals surface area contributed by atoms with Crippen molar-refractivity contribution < 1.29 is 18.4 Å². The number of carbonyl (C=O) groups is 2. The normalized spacial score (nSPS) is 26.1. The molecular weight excluding hydrogens is 278 g/mol. The van der Waals surface area contributed by atoms with E-state index in [1.54, 1.807) is 44.2 Å². The molecule has 1 aromatic carbocycles. The molecule has 1 heterocycles. The topological polar surface area (TPSA) is 49.4 Å². The molecule has 1 aromatic rings. The van der Waals surface area contributed by atoms with Crippen molar-refractivity contribution in [2.75, 3.05) is 6.54 Å². The van der Waals surface area contributed by atoms with Gasteiger partial charge in [0.25, 0.3) is 6.43 Å². The summed E-state index contributed by atoms with van der Waals surface area (Å²) in [5.74, 6) is -0.899. The molecule has 2 atom stereocenters. The standard InChI is InChI=1S/C15H18F2N2O2/c1-3-15(2)14(21)19(9-11(16)17)12(13(20)18-15)10-7-5-4-6-8-10/h4-8,11-12H,3,9H2,1-2H3,(H,18,20). The number of amides is 2. The molecule has 2 amide bonds. The zero-order valence-corrected chi connectivity index (χ0v) is 12.0. The SMILES string of the molecule is CCC1(C)NC(=O)C(c2ccccc2)N(CC(F)F)C1=O. The quantitative estimate of drug-likeness (QED) is 0.925. The van der Waals surface area contributed by atoms with Crippen molar-refractivity contribution in [2.24, 2.45) is 0 Å². The lowest BCUT2D eigenvalue weighted by Gasteiger charge is -2.44. The molecule has 0 bridgehead atoms. The lowest BCUT2D eigenvalue weighted by molar-refractivity contribution is -0.157. The van der Waals surface area contributed by atoms with Crippen LogP contribution in [0.25, 0.3) is 0 Å². The Hall–Kier alpha value is -1.98. The fourth-order valence-electron chi connectivity index (χ4n) is 2.51. The molecule has 0 spiro atoms. The molecule has 0 saturated carbocycles. The molecule has 1 aliphatic heterocycles. The van der Waals surface area contributed by atoms with Crippen molar-refractivity contribution in [3.05, 3.63) is 35.9 Å². The number of benzene rings is 1. The minimum absolute atomic E-state index is 0.346. The maximum atomic E-state index is 12.8. The summed E-state index contributed by atoms with van der Waals surface area (Å²) >= 11 is 0. The van der Waals surface area contributed by atoms with E-state index < -0.39 is 36.4 Å². The van der Waals surface area contributed by atoms with Gasteiger partial charge >= 0.3 is 0 Å². The van der Waals surface area contributed by atoms with Crippen LogP contribution < -0.4 is 5.32 Å². The van der Waals surface area contributed by atoms with Crippen LogP contribution in [0.15, 0.2) is 30.3 Å². The van der Waals surface area contributed by atoms with Crippen molar-refractivity contribution >= 4 is 11.8 Å². The van der Waals surface area contributed by atoms with Crippen LogP contribution in [0.4, 0.5) is 8.78 Å². The van der Waals surface area contributed by atoms with E-state index >= 15 is 0 Å². The number of carbonyl (C=O) groups excluding carboxylic acids is 2. The predicted molar refractivity (Wildman–Crippen MR) is 73.7 cm³/mol. The molecule has 1 N–H and O–H groups in total. The number of hydrogen-bond acceptors (Lipinski definition) is 2. The smallest absolute Gasteiger partial charge is 0.255 e. The van der Waals surface area contributed by atoms with Gasteiger partial charge in [0, 0.05) is 0 Å². The molecule has 2 rings (SSSR count). The largest absolute Gasteiger partial charge is 0.340 e. The van der Waals surface area contributed by atoms with Gasteiger partial charge in [0.15, 0.2) is 0 Å². The minimum atomic E-state index is -2.69. The molecule has 114 valence electrons. The van der Waals surface area contributed by atoms with Gasteiger partial charge in [-0.2, -0.15) is 0 Å². The van der Waals surface area contributed by atoms with E-state index in [4.69, 9.17) is 0 Å². The molecule has 1 fully saturated rings. The zero-order valence-electron chi connectivity index (χ0n) is 12.0.